The molecule has 0 spiro atoms. The fraction of sp³-hybridized carbons (Fsp3) is 0.429. The van der Waals surface area contributed by atoms with E-state index in [9.17, 15) is 0 Å². The molecule has 1 fully saturated rings. The van der Waals surface area contributed by atoms with Crippen LogP contribution in [-0.2, 0) is 13.0 Å². The van der Waals surface area contributed by atoms with E-state index in [2.05, 4.69) is 15.5 Å². The number of benzene rings is 1. The molecule has 100 valence electrons. The third-order valence-corrected chi connectivity index (χ3v) is 3.40. The number of aromatic nitrogens is 2. The Morgan fingerprint density at radius 2 is 2.26 bits per heavy atom. The van der Waals surface area contributed by atoms with E-state index in [1.54, 1.807) is 0 Å². The molecular formula is C14H16ClN3O. The second-order valence-corrected chi connectivity index (χ2v) is 5.42. The molecule has 4 nitrogen and oxygen atoms in total. The van der Waals surface area contributed by atoms with E-state index in [1.807, 2.05) is 24.3 Å². The van der Waals surface area contributed by atoms with Gasteiger partial charge in [0.15, 0.2) is 5.82 Å². The van der Waals surface area contributed by atoms with Crippen LogP contribution in [0.25, 0.3) is 0 Å². The predicted octanol–water partition coefficient (Wildman–Crippen LogP) is 2.81. The number of nitrogens with one attached hydrogen (secondary N) is 1. The van der Waals surface area contributed by atoms with Crippen LogP contribution in [0.2, 0.25) is 5.02 Å². The number of hydrogen-bond acceptors (Lipinski definition) is 4. The summed E-state index contributed by atoms with van der Waals surface area (Å²) in [5.74, 6) is 2.21. The molecule has 3 rings (SSSR count). The minimum Gasteiger partial charge on any atom is -0.338 e. The summed E-state index contributed by atoms with van der Waals surface area (Å²) >= 11 is 5.95. The molecule has 19 heavy (non-hydrogen) atoms. The summed E-state index contributed by atoms with van der Waals surface area (Å²) in [4.78, 5) is 4.37. The molecule has 0 aliphatic heterocycles. The van der Waals surface area contributed by atoms with Gasteiger partial charge in [-0.2, -0.15) is 4.98 Å². The fourth-order valence-corrected chi connectivity index (χ4v) is 2.18. The molecule has 1 aliphatic rings. The monoisotopic (exact) mass is 277 g/mol. The molecule has 1 aromatic heterocycles. The molecule has 1 aromatic carbocycles. The van der Waals surface area contributed by atoms with Crippen molar-refractivity contribution in [2.24, 2.45) is 5.92 Å². The van der Waals surface area contributed by atoms with Gasteiger partial charge in [-0.1, -0.05) is 28.9 Å². The van der Waals surface area contributed by atoms with Crippen molar-refractivity contribution in [2.75, 3.05) is 6.54 Å². The lowest BCUT2D eigenvalue weighted by atomic mass is 10.1. The highest BCUT2D eigenvalue weighted by Crippen LogP contribution is 2.27. The molecule has 0 bridgehead atoms. The molecule has 1 aliphatic carbocycles. The number of rotatable bonds is 6. The van der Waals surface area contributed by atoms with Crippen LogP contribution in [0.3, 0.4) is 0 Å². The largest absolute Gasteiger partial charge is 0.338 e. The summed E-state index contributed by atoms with van der Waals surface area (Å²) in [6.07, 6.45) is 3.33. The van der Waals surface area contributed by atoms with Crippen LogP contribution in [0.5, 0.6) is 0 Å². The van der Waals surface area contributed by atoms with E-state index in [1.165, 1.54) is 12.8 Å². The number of nitrogens with zero attached hydrogens (tertiary/aromatic N) is 2. The Labute approximate surface area is 117 Å². The van der Waals surface area contributed by atoms with E-state index < -0.39 is 0 Å². The summed E-state index contributed by atoms with van der Waals surface area (Å²) in [6.45, 7) is 1.70. The van der Waals surface area contributed by atoms with Crippen molar-refractivity contribution in [2.45, 2.75) is 25.8 Å². The normalized spacial score (nSPS) is 14.8. The maximum Gasteiger partial charge on any atom is 0.240 e. The number of hydrogen-bond donors (Lipinski definition) is 1. The van der Waals surface area contributed by atoms with Gasteiger partial charge in [0.05, 0.1) is 6.54 Å². The minimum absolute atomic E-state index is 0.646. The van der Waals surface area contributed by atoms with Gasteiger partial charge in [0.25, 0.3) is 0 Å². The van der Waals surface area contributed by atoms with E-state index in [4.69, 9.17) is 16.1 Å². The van der Waals surface area contributed by atoms with Crippen molar-refractivity contribution in [3.63, 3.8) is 0 Å². The Balaban J connectivity index is 1.54. The highest BCUT2D eigenvalue weighted by Gasteiger charge is 2.20. The molecule has 5 heteroatoms. The van der Waals surface area contributed by atoms with Gasteiger partial charge in [-0.3, -0.25) is 0 Å². The van der Waals surface area contributed by atoms with E-state index >= 15 is 0 Å². The quantitative estimate of drug-likeness (QED) is 0.882. The van der Waals surface area contributed by atoms with Gasteiger partial charge in [-0.15, -0.1) is 0 Å². The Morgan fingerprint density at radius 3 is 3.05 bits per heavy atom. The predicted molar refractivity (Wildman–Crippen MR) is 73.0 cm³/mol. The summed E-state index contributed by atoms with van der Waals surface area (Å²) in [7, 11) is 0. The highest BCUT2D eigenvalue weighted by molar-refractivity contribution is 6.30. The van der Waals surface area contributed by atoms with Gasteiger partial charge in [0.1, 0.15) is 0 Å². The zero-order chi connectivity index (χ0) is 13.1. The van der Waals surface area contributed by atoms with Crippen molar-refractivity contribution in [3.05, 3.63) is 46.6 Å². The maximum atomic E-state index is 5.95. The van der Waals surface area contributed by atoms with Gasteiger partial charge in [0.2, 0.25) is 5.89 Å². The Bertz CT molecular complexity index is 551. The average Bonchev–Trinajstić information content (AvgIpc) is 3.10. The molecular weight excluding hydrogens is 262 g/mol. The molecule has 2 aromatic rings. The van der Waals surface area contributed by atoms with Crippen molar-refractivity contribution in [1.29, 1.82) is 0 Å². The highest BCUT2D eigenvalue weighted by atomic mass is 35.5. The third kappa shape index (κ3) is 3.78. The molecule has 1 heterocycles. The third-order valence-electron chi connectivity index (χ3n) is 3.17. The van der Waals surface area contributed by atoms with Crippen molar-refractivity contribution >= 4 is 11.6 Å². The van der Waals surface area contributed by atoms with Crippen molar-refractivity contribution in [1.82, 2.24) is 15.5 Å². The van der Waals surface area contributed by atoms with E-state index in [-0.39, 0.29) is 0 Å². The smallest absolute Gasteiger partial charge is 0.240 e. The average molecular weight is 278 g/mol. The molecule has 0 saturated heterocycles. The minimum atomic E-state index is 0.646. The van der Waals surface area contributed by atoms with Gasteiger partial charge in [-0.05, 0) is 43.0 Å². The second-order valence-electron chi connectivity index (χ2n) is 4.99. The summed E-state index contributed by atoms with van der Waals surface area (Å²) < 4.78 is 5.21. The zero-order valence-corrected chi connectivity index (χ0v) is 11.4. The summed E-state index contributed by atoms with van der Waals surface area (Å²) in [5, 5.41) is 8.05. The van der Waals surface area contributed by atoms with Crippen LogP contribution in [0.1, 0.15) is 30.1 Å². The van der Waals surface area contributed by atoms with Crippen LogP contribution in [0.4, 0.5) is 0 Å². The van der Waals surface area contributed by atoms with E-state index in [0.717, 1.165) is 23.0 Å². The van der Waals surface area contributed by atoms with Crippen LogP contribution >= 0.6 is 11.6 Å². The zero-order valence-electron chi connectivity index (χ0n) is 10.6. The van der Waals surface area contributed by atoms with Crippen molar-refractivity contribution in [3.8, 4) is 0 Å². The molecule has 0 atom stereocenters. The fourth-order valence-electron chi connectivity index (χ4n) is 1.97. The van der Waals surface area contributed by atoms with Gasteiger partial charge in [0, 0.05) is 11.4 Å². The first-order chi connectivity index (χ1) is 9.29. The van der Waals surface area contributed by atoms with Crippen LogP contribution in [0, 0.1) is 5.92 Å². The summed E-state index contributed by atoms with van der Waals surface area (Å²) in [6, 6.07) is 7.71. The van der Waals surface area contributed by atoms with Gasteiger partial charge in [-0.25, -0.2) is 0 Å². The van der Waals surface area contributed by atoms with E-state index in [0.29, 0.717) is 24.7 Å². The van der Waals surface area contributed by atoms with Crippen LogP contribution in [0.15, 0.2) is 28.8 Å². The Morgan fingerprint density at radius 1 is 1.37 bits per heavy atom. The maximum absolute atomic E-state index is 5.95. The SMILES string of the molecule is Clc1cccc(Cc2noc(CNCC3CC3)n2)c1. The Hall–Kier alpha value is -1.39. The topological polar surface area (TPSA) is 51.0 Å². The first kappa shape index (κ1) is 12.6. The van der Waals surface area contributed by atoms with Crippen LogP contribution < -0.4 is 5.32 Å². The van der Waals surface area contributed by atoms with Crippen LogP contribution in [-0.4, -0.2) is 16.7 Å². The number of halogens is 1. The lowest BCUT2D eigenvalue weighted by Crippen LogP contribution is -2.16. The standard InChI is InChI=1S/C14H16ClN3O/c15-12-3-1-2-11(6-12)7-13-17-14(19-18-13)9-16-8-10-4-5-10/h1-3,6,10,16H,4-5,7-9H2. The molecule has 1 saturated carbocycles. The lowest BCUT2D eigenvalue weighted by molar-refractivity contribution is 0.362. The van der Waals surface area contributed by atoms with Crippen molar-refractivity contribution < 1.29 is 4.52 Å². The van der Waals surface area contributed by atoms with Gasteiger partial charge < -0.3 is 9.84 Å². The first-order valence-corrected chi connectivity index (χ1v) is 6.94. The Kier molecular flexibility index (Phi) is 3.80. The molecule has 0 unspecified atom stereocenters. The van der Waals surface area contributed by atoms with Gasteiger partial charge >= 0.3 is 0 Å². The second kappa shape index (κ2) is 5.72. The molecule has 0 amide bonds. The molecule has 0 radical (unpaired) electrons. The first-order valence-electron chi connectivity index (χ1n) is 6.56. The summed E-state index contributed by atoms with van der Waals surface area (Å²) in [5.41, 5.74) is 1.09. The molecule has 1 N–H and O–H groups in total. The lowest BCUT2D eigenvalue weighted by Gasteiger charge is -1.98.